The zero-order chi connectivity index (χ0) is 8.43. The average molecular weight is 186 g/mol. The van der Waals surface area contributed by atoms with E-state index in [0.717, 1.165) is 0 Å². The van der Waals surface area contributed by atoms with Gasteiger partial charge in [-0.3, -0.25) is 0 Å². The minimum atomic E-state index is -0.215. The number of thiol groups is 1. The van der Waals surface area contributed by atoms with Crippen LogP contribution in [0.3, 0.4) is 0 Å². The lowest BCUT2D eigenvalue weighted by Crippen LogP contribution is -1.86. The summed E-state index contributed by atoms with van der Waals surface area (Å²) in [5.74, 6) is -0.397. The molecule has 0 fully saturated rings. The minimum Gasteiger partial charge on any atom is -0.504 e. The number of aromatic hydroxyl groups is 2. The van der Waals surface area contributed by atoms with Crippen LogP contribution in [-0.4, -0.2) is 14.4 Å². The molecule has 0 aliphatic rings. The van der Waals surface area contributed by atoms with Crippen LogP contribution in [0, 0.1) is 0 Å². The van der Waals surface area contributed by atoms with Crippen molar-refractivity contribution in [3.63, 3.8) is 0 Å². The zero-order valence-corrected chi connectivity index (χ0v) is 7.19. The number of thiocarbonyl (C=S) groups is 1. The molecule has 0 atom stereocenters. The fraction of sp³-hybridized carbons (Fsp3) is 0. The summed E-state index contributed by atoms with van der Waals surface area (Å²) >= 11 is 8.57. The van der Waals surface area contributed by atoms with E-state index < -0.39 is 0 Å². The fourth-order valence-electron chi connectivity index (χ4n) is 0.704. The largest absolute Gasteiger partial charge is 0.504 e. The highest BCUT2D eigenvalue weighted by Gasteiger charge is 2.06. The third kappa shape index (κ3) is 1.64. The maximum absolute atomic E-state index is 9.18. The highest BCUT2D eigenvalue weighted by Crippen LogP contribution is 2.29. The first-order valence-electron chi connectivity index (χ1n) is 2.87. The van der Waals surface area contributed by atoms with Crippen LogP contribution in [0.4, 0.5) is 0 Å². The second-order valence-electron chi connectivity index (χ2n) is 1.98. The van der Waals surface area contributed by atoms with Crippen LogP contribution >= 0.6 is 24.8 Å². The van der Waals surface area contributed by atoms with E-state index in [2.05, 4.69) is 12.6 Å². The molecule has 0 radical (unpaired) electrons. The molecule has 1 aromatic carbocycles. The summed E-state index contributed by atoms with van der Waals surface area (Å²) in [4.78, 5) is 0. The third-order valence-corrected chi connectivity index (χ3v) is 1.71. The lowest BCUT2D eigenvalue weighted by Gasteiger charge is -2.01. The van der Waals surface area contributed by atoms with E-state index in [1.807, 2.05) is 0 Å². The second kappa shape index (κ2) is 3.11. The molecule has 0 aliphatic heterocycles. The molecule has 58 valence electrons. The molecule has 1 aromatic rings. The number of rotatable bonds is 1. The monoisotopic (exact) mass is 186 g/mol. The van der Waals surface area contributed by atoms with Gasteiger partial charge < -0.3 is 10.2 Å². The maximum Gasteiger partial charge on any atom is 0.166 e. The van der Waals surface area contributed by atoms with E-state index in [1.165, 1.54) is 6.07 Å². The molecule has 0 unspecified atom stereocenters. The first kappa shape index (κ1) is 8.36. The third-order valence-electron chi connectivity index (χ3n) is 1.25. The van der Waals surface area contributed by atoms with Gasteiger partial charge in [0.05, 0.1) is 4.20 Å². The topological polar surface area (TPSA) is 40.5 Å². The summed E-state index contributed by atoms with van der Waals surface area (Å²) in [5.41, 5.74) is 0.378. The van der Waals surface area contributed by atoms with Crippen molar-refractivity contribution in [2.24, 2.45) is 0 Å². The van der Waals surface area contributed by atoms with Gasteiger partial charge in [0.2, 0.25) is 0 Å². The number of phenols is 2. The SMILES string of the molecule is Oc1cccc(C(=S)S)c1O. The van der Waals surface area contributed by atoms with Crippen molar-refractivity contribution in [3.05, 3.63) is 23.8 Å². The number of phenolic OH excluding ortho intramolecular Hbond substituents is 2. The molecule has 0 saturated heterocycles. The lowest BCUT2D eigenvalue weighted by molar-refractivity contribution is 0.403. The Bertz CT molecular complexity index is 296. The Morgan fingerprint density at radius 3 is 2.45 bits per heavy atom. The van der Waals surface area contributed by atoms with Crippen molar-refractivity contribution in [3.8, 4) is 11.5 Å². The summed E-state index contributed by atoms with van der Waals surface area (Å²) in [6, 6.07) is 4.56. The fourth-order valence-corrected chi connectivity index (χ4v) is 1.05. The van der Waals surface area contributed by atoms with Crippen molar-refractivity contribution in [1.29, 1.82) is 0 Å². The molecule has 0 spiro atoms. The lowest BCUT2D eigenvalue weighted by atomic mass is 10.2. The Balaban J connectivity index is 3.27. The molecule has 2 N–H and O–H groups in total. The van der Waals surface area contributed by atoms with E-state index in [9.17, 15) is 5.11 Å². The predicted octanol–water partition coefficient (Wildman–Crippen LogP) is 1.70. The van der Waals surface area contributed by atoms with Crippen LogP contribution in [0.1, 0.15) is 5.56 Å². The van der Waals surface area contributed by atoms with Gasteiger partial charge in [-0.2, -0.15) is 0 Å². The van der Waals surface area contributed by atoms with E-state index in [1.54, 1.807) is 12.1 Å². The number of para-hydroxylation sites is 1. The Labute approximate surface area is 74.9 Å². The average Bonchev–Trinajstić information content (AvgIpc) is 1.94. The molecule has 0 amide bonds. The molecule has 0 bridgehead atoms. The van der Waals surface area contributed by atoms with Crippen molar-refractivity contribution in [1.82, 2.24) is 0 Å². The zero-order valence-electron chi connectivity index (χ0n) is 5.48. The van der Waals surface area contributed by atoms with Crippen LogP contribution in [0.15, 0.2) is 18.2 Å². The Kier molecular flexibility index (Phi) is 2.36. The van der Waals surface area contributed by atoms with Crippen LogP contribution < -0.4 is 0 Å². The Morgan fingerprint density at radius 1 is 1.36 bits per heavy atom. The van der Waals surface area contributed by atoms with E-state index in [-0.39, 0.29) is 15.7 Å². The van der Waals surface area contributed by atoms with Crippen molar-refractivity contribution in [2.75, 3.05) is 0 Å². The highest BCUT2D eigenvalue weighted by atomic mass is 32.1. The number of hydrogen-bond donors (Lipinski definition) is 3. The van der Waals surface area contributed by atoms with Gasteiger partial charge in [0.25, 0.3) is 0 Å². The summed E-state index contributed by atoms with van der Waals surface area (Å²) in [6.07, 6.45) is 0. The first-order valence-corrected chi connectivity index (χ1v) is 3.72. The van der Waals surface area contributed by atoms with Gasteiger partial charge >= 0.3 is 0 Å². The quantitative estimate of drug-likeness (QED) is 0.355. The molecule has 0 saturated carbocycles. The van der Waals surface area contributed by atoms with Crippen LogP contribution in [-0.2, 0) is 0 Å². The Hall–Kier alpha value is -0.740. The van der Waals surface area contributed by atoms with Gasteiger partial charge in [0.1, 0.15) is 0 Å². The summed E-state index contributed by atoms with van der Waals surface area (Å²) < 4.78 is 0.262. The van der Waals surface area contributed by atoms with Gasteiger partial charge in [-0.05, 0) is 12.1 Å². The maximum atomic E-state index is 9.18. The van der Waals surface area contributed by atoms with E-state index >= 15 is 0 Å². The van der Waals surface area contributed by atoms with Gasteiger partial charge in [0.15, 0.2) is 11.5 Å². The van der Waals surface area contributed by atoms with E-state index in [0.29, 0.717) is 5.56 Å². The predicted molar refractivity (Wildman–Crippen MR) is 50.5 cm³/mol. The molecule has 4 heteroatoms. The molecule has 0 aromatic heterocycles. The van der Waals surface area contributed by atoms with Crippen LogP contribution in [0.5, 0.6) is 11.5 Å². The van der Waals surface area contributed by atoms with Gasteiger partial charge in [0, 0.05) is 5.56 Å². The standard InChI is InChI=1S/C7H6O2S2/c8-5-3-1-2-4(6(5)9)7(10)11/h1-3,8-9H,(H,10,11). The molecule has 2 nitrogen and oxygen atoms in total. The minimum absolute atomic E-state index is 0.182. The number of hydrogen-bond acceptors (Lipinski definition) is 3. The van der Waals surface area contributed by atoms with Crippen molar-refractivity contribution >= 4 is 29.0 Å². The second-order valence-corrected chi connectivity index (χ2v) is 3.14. The number of benzene rings is 1. The summed E-state index contributed by atoms with van der Waals surface area (Å²) in [5, 5.41) is 18.2. The van der Waals surface area contributed by atoms with Crippen LogP contribution in [0.25, 0.3) is 0 Å². The smallest absolute Gasteiger partial charge is 0.166 e. The Morgan fingerprint density at radius 2 is 2.00 bits per heavy atom. The molecular formula is C7H6O2S2. The molecule has 0 aliphatic carbocycles. The van der Waals surface area contributed by atoms with E-state index in [4.69, 9.17) is 17.3 Å². The van der Waals surface area contributed by atoms with Crippen molar-refractivity contribution in [2.45, 2.75) is 0 Å². The molecular weight excluding hydrogens is 180 g/mol. The summed E-state index contributed by atoms with van der Waals surface area (Å²) in [6.45, 7) is 0. The van der Waals surface area contributed by atoms with Gasteiger partial charge in [-0.15, -0.1) is 12.6 Å². The van der Waals surface area contributed by atoms with Gasteiger partial charge in [-0.1, -0.05) is 18.3 Å². The molecule has 11 heavy (non-hydrogen) atoms. The highest BCUT2D eigenvalue weighted by molar-refractivity contribution is 8.11. The normalized spacial score (nSPS) is 9.55. The van der Waals surface area contributed by atoms with Crippen LogP contribution in [0.2, 0.25) is 0 Å². The molecule has 0 heterocycles. The summed E-state index contributed by atoms with van der Waals surface area (Å²) in [7, 11) is 0. The molecule has 1 rings (SSSR count). The van der Waals surface area contributed by atoms with Crippen molar-refractivity contribution < 1.29 is 10.2 Å². The van der Waals surface area contributed by atoms with Gasteiger partial charge in [-0.25, -0.2) is 0 Å². The first-order chi connectivity index (χ1) is 5.13.